The second-order valence-corrected chi connectivity index (χ2v) is 2.91. The number of carbonyl (C=O) groups excluding carboxylic acids is 2. The van der Waals surface area contributed by atoms with Gasteiger partial charge in [0.15, 0.2) is 0 Å². The molecule has 0 heterocycles. The van der Waals surface area contributed by atoms with Crippen LogP contribution >= 0.6 is 0 Å². The first-order chi connectivity index (χ1) is 5.57. The Morgan fingerprint density at radius 2 is 1.92 bits per heavy atom. The summed E-state index contributed by atoms with van der Waals surface area (Å²) >= 11 is 0. The molecule has 0 aliphatic carbocycles. The van der Waals surface area contributed by atoms with Gasteiger partial charge in [0.25, 0.3) is 0 Å². The minimum absolute atomic E-state index is 0.0787. The first-order valence-corrected chi connectivity index (χ1v) is 4.15. The smallest absolute Gasteiger partial charge is 0.221 e. The highest BCUT2D eigenvalue weighted by Gasteiger charge is 2.16. The van der Waals surface area contributed by atoms with Crippen LogP contribution in [0.25, 0.3) is 0 Å². The number of rotatable bonds is 6. The molecule has 0 aromatic rings. The van der Waals surface area contributed by atoms with Crippen molar-refractivity contribution in [1.29, 1.82) is 0 Å². The zero-order valence-electron chi connectivity index (χ0n) is 7.38. The van der Waals surface area contributed by atoms with Crippen LogP contribution in [0.2, 0.25) is 0 Å². The number of unbranched alkanes of at least 4 members (excludes halogenated alkanes) is 1. The summed E-state index contributed by atoms with van der Waals surface area (Å²) in [6.45, 7) is 2.02. The molecule has 0 rings (SSSR count). The van der Waals surface area contributed by atoms with Crippen LogP contribution in [0, 0.1) is 5.92 Å². The van der Waals surface area contributed by atoms with Gasteiger partial charge in [0.2, 0.25) is 11.8 Å². The molecular weight excluding hydrogens is 156 g/mol. The monoisotopic (exact) mass is 172 g/mol. The predicted molar refractivity (Wildman–Crippen MR) is 46.0 cm³/mol. The van der Waals surface area contributed by atoms with Crippen LogP contribution in [0.4, 0.5) is 0 Å². The summed E-state index contributed by atoms with van der Waals surface area (Å²) in [5, 5.41) is 0. The van der Waals surface area contributed by atoms with E-state index in [4.69, 9.17) is 11.5 Å². The zero-order chi connectivity index (χ0) is 9.56. The number of nitrogens with two attached hydrogens (primary N) is 2. The van der Waals surface area contributed by atoms with E-state index >= 15 is 0 Å². The molecule has 1 unspecified atom stereocenters. The van der Waals surface area contributed by atoms with Gasteiger partial charge in [-0.1, -0.05) is 19.8 Å². The molecule has 0 saturated heterocycles. The van der Waals surface area contributed by atoms with Crippen molar-refractivity contribution in [3.63, 3.8) is 0 Å². The molecule has 0 aromatic carbocycles. The van der Waals surface area contributed by atoms with E-state index in [0.29, 0.717) is 6.42 Å². The molecule has 4 heteroatoms. The van der Waals surface area contributed by atoms with Crippen molar-refractivity contribution in [2.45, 2.75) is 32.6 Å². The molecule has 4 N–H and O–H groups in total. The van der Waals surface area contributed by atoms with Crippen LogP contribution in [0.15, 0.2) is 0 Å². The lowest BCUT2D eigenvalue weighted by Gasteiger charge is -2.09. The maximum atomic E-state index is 10.8. The third-order valence-electron chi connectivity index (χ3n) is 1.76. The lowest BCUT2D eigenvalue weighted by atomic mass is 9.98. The molecule has 0 bridgehead atoms. The van der Waals surface area contributed by atoms with Gasteiger partial charge in [0.05, 0.1) is 0 Å². The fraction of sp³-hybridized carbons (Fsp3) is 0.750. The van der Waals surface area contributed by atoms with E-state index in [1.807, 2.05) is 6.92 Å². The Kier molecular flexibility index (Phi) is 5.08. The molecule has 4 nitrogen and oxygen atoms in total. The Hall–Kier alpha value is -1.06. The molecule has 0 saturated carbocycles. The van der Waals surface area contributed by atoms with Crippen molar-refractivity contribution in [2.24, 2.45) is 17.4 Å². The summed E-state index contributed by atoms with van der Waals surface area (Å²) in [5.74, 6) is -1.26. The van der Waals surface area contributed by atoms with Crippen LogP contribution in [-0.4, -0.2) is 11.8 Å². The fourth-order valence-electron chi connectivity index (χ4n) is 1.04. The molecule has 0 aromatic heterocycles. The Morgan fingerprint density at radius 1 is 1.33 bits per heavy atom. The van der Waals surface area contributed by atoms with E-state index < -0.39 is 11.8 Å². The van der Waals surface area contributed by atoms with Crippen LogP contribution < -0.4 is 11.5 Å². The SMILES string of the molecule is CCCCC(CC(N)=O)C(N)=O. The molecule has 70 valence electrons. The summed E-state index contributed by atoms with van der Waals surface area (Å²) in [5.41, 5.74) is 10.0. The molecule has 0 aliphatic heterocycles. The van der Waals surface area contributed by atoms with Crippen molar-refractivity contribution in [3.05, 3.63) is 0 Å². The highest BCUT2D eigenvalue weighted by molar-refractivity contribution is 5.83. The average molecular weight is 172 g/mol. The minimum atomic E-state index is -0.463. The van der Waals surface area contributed by atoms with Crippen molar-refractivity contribution in [1.82, 2.24) is 0 Å². The van der Waals surface area contributed by atoms with E-state index in [2.05, 4.69) is 0 Å². The molecule has 0 radical (unpaired) electrons. The second kappa shape index (κ2) is 5.57. The number of amides is 2. The van der Waals surface area contributed by atoms with E-state index in [0.717, 1.165) is 12.8 Å². The highest BCUT2D eigenvalue weighted by atomic mass is 16.2. The Bertz CT molecular complexity index is 168. The van der Waals surface area contributed by atoms with Gasteiger partial charge in [-0.25, -0.2) is 0 Å². The lowest BCUT2D eigenvalue weighted by molar-refractivity contribution is -0.127. The van der Waals surface area contributed by atoms with Gasteiger partial charge in [-0.2, -0.15) is 0 Å². The van der Waals surface area contributed by atoms with Gasteiger partial charge in [-0.05, 0) is 6.42 Å². The van der Waals surface area contributed by atoms with Crippen molar-refractivity contribution >= 4 is 11.8 Å². The third-order valence-corrected chi connectivity index (χ3v) is 1.76. The second-order valence-electron chi connectivity index (χ2n) is 2.91. The predicted octanol–water partition coefficient (Wildman–Crippen LogP) is 0.153. The van der Waals surface area contributed by atoms with Crippen LogP contribution in [0.5, 0.6) is 0 Å². The molecule has 0 spiro atoms. The number of hydrogen-bond donors (Lipinski definition) is 2. The molecule has 0 aliphatic rings. The number of hydrogen-bond acceptors (Lipinski definition) is 2. The molecule has 1 atom stereocenters. The molecule has 12 heavy (non-hydrogen) atoms. The first kappa shape index (κ1) is 10.9. The van der Waals surface area contributed by atoms with Gasteiger partial charge < -0.3 is 11.5 Å². The van der Waals surface area contributed by atoms with E-state index in [1.165, 1.54) is 0 Å². The standard InChI is InChI=1S/C8H16N2O2/c1-2-3-4-6(8(10)12)5-7(9)11/h6H,2-5H2,1H3,(H2,9,11)(H2,10,12). The van der Waals surface area contributed by atoms with Crippen LogP contribution in [0.3, 0.4) is 0 Å². The van der Waals surface area contributed by atoms with Gasteiger partial charge in [0.1, 0.15) is 0 Å². The topological polar surface area (TPSA) is 86.2 Å². The summed E-state index contributed by atoms with van der Waals surface area (Å²) < 4.78 is 0. The van der Waals surface area contributed by atoms with Crippen LogP contribution in [0.1, 0.15) is 32.6 Å². The Labute approximate surface area is 72.3 Å². The van der Waals surface area contributed by atoms with E-state index in [-0.39, 0.29) is 12.3 Å². The van der Waals surface area contributed by atoms with Gasteiger partial charge in [-0.15, -0.1) is 0 Å². The summed E-state index contributed by atoms with van der Waals surface area (Å²) in [4.78, 5) is 21.2. The van der Waals surface area contributed by atoms with Gasteiger partial charge in [0, 0.05) is 12.3 Å². The molecular formula is C8H16N2O2. The lowest BCUT2D eigenvalue weighted by Crippen LogP contribution is -2.28. The highest BCUT2D eigenvalue weighted by Crippen LogP contribution is 2.11. The molecule has 0 fully saturated rings. The zero-order valence-corrected chi connectivity index (χ0v) is 7.38. The Morgan fingerprint density at radius 3 is 2.25 bits per heavy atom. The average Bonchev–Trinajstić information content (AvgIpc) is 1.96. The normalized spacial score (nSPS) is 12.4. The quantitative estimate of drug-likeness (QED) is 0.597. The van der Waals surface area contributed by atoms with Gasteiger partial charge >= 0.3 is 0 Å². The fourth-order valence-corrected chi connectivity index (χ4v) is 1.04. The maximum Gasteiger partial charge on any atom is 0.221 e. The van der Waals surface area contributed by atoms with Crippen molar-refractivity contribution in [3.8, 4) is 0 Å². The summed E-state index contributed by atoms with van der Waals surface area (Å²) in [6.07, 6.45) is 2.63. The maximum absolute atomic E-state index is 10.8. The largest absolute Gasteiger partial charge is 0.370 e. The molecule has 2 amide bonds. The Balaban J connectivity index is 3.87. The minimum Gasteiger partial charge on any atom is -0.370 e. The van der Waals surface area contributed by atoms with Crippen molar-refractivity contribution in [2.75, 3.05) is 0 Å². The van der Waals surface area contributed by atoms with Gasteiger partial charge in [-0.3, -0.25) is 9.59 Å². The van der Waals surface area contributed by atoms with Crippen LogP contribution in [-0.2, 0) is 9.59 Å². The first-order valence-electron chi connectivity index (χ1n) is 4.15. The van der Waals surface area contributed by atoms with E-state index in [9.17, 15) is 9.59 Å². The summed E-state index contributed by atoms with van der Waals surface area (Å²) in [6, 6.07) is 0. The number of carbonyl (C=O) groups is 2. The summed E-state index contributed by atoms with van der Waals surface area (Å²) in [7, 11) is 0. The number of primary amides is 2. The van der Waals surface area contributed by atoms with E-state index in [1.54, 1.807) is 0 Å². The van der Waals surface area contributed by atoms with Crippen molar-refractivity contribution < 1.29 is 9.59 Å². The third kappa shape index (κ3) is 4.71.